The molecule has 0 bridgehead atoms. The lowest BCUT2D eigenvalue weighted by atomic mass is 10.2. The molecule has 1 aromatic carbocycles. The van der Waals surface area contributed by atoms with Crippen LogP contribution in [0.4, 0.5) is 5.69 Å². The van der Waals surface area contributed by atoms with Crippen molar-refractivity contribution in [2.24, 2.45) is 0 Å². The number of hydrogen-bond acceptors (Lipinski definition) is 6. The number of rotatable bonds is 7. The summed E-state index contributed by atoms with van der Waals surface area (Å²) >= 11 is 0. The van der Waals surface area contributed by atoms with Gasteiger partial charge in [-0.2, -0.15) is 5.43 Å². The molecule has 9 nitrogen and oxygen atoms in total. The highest BCUT2D eigenvalue weighted by atomic mass is 16.5. The first-order valence-corrected chi connectivity index (χ1v) is 8.81. The second-order valence-corrected chi connectivity index (χ2v) is 6.11. The van der Waals surface area contributed by atoms with Crippen LogP contribution in [0, 0.1) is 0 Å². The second kappa shape index (κ2) is 8.09. The Hall–Kier alpha value is -3.07. The first-order valence-electron chi connectivity index (χ1n) is 8.81. The lowest BCUT2D eigenvalue weighted by Gasteiger charge is -2.40. The summed E-state index contributed by atoms with van der Waals surface area (Å²) in [5.74, 6) is -0.972. The molecule has 0 saturated carbocycles. The zero-order chi connectivity index (χ0) is 19.4. The van der Waals surface area contributed by atoms with E-state index in [1.54, 1.807) is 6.08 Å². The van der Waals surface area contributed by atoms with Gasteiger partial charge in [-0.1, -0.05) is 6.08 Å². The molecule has 1 unspecified atom stereocenters. The Bertz CT molecular complexity index is 736. The summed E-state index contributed by atoms with van der Waals surface area (Å²) in [6.45, 7) is 7.06. The van der Waals surface area contributed by atoms with Gasteiger partial charge >= 0.3 is 11.8 Å². The lowest BCUT2D eigenvalue weighted by molar-refractivity contribution is -0.163. The van der Waals surface area contributed by atoms with E-state index in [2.05, 4.69) is 17.3 Å². The molecule has 0 radical (unpaired) electrons. The van der Waals surface area contributed by atoms with Crippen molar-refractivity contribution < 1.29 is 19.1 Å². The Kier molecular flexibility index (Phi) is 5.60. The first kappa shape index (κ1) is 18.7. The van der Waals surface area contributed by atoms with Crippen LogP contribution in [0.1, 0.15) is 6.92 Å². The highest BCUT2D eigenvalue weighted by Gasteiger charge is 2.45. The number of fused-ring (bicyclic) bond motifs is 1. The number of carbonyl (C=O) groups is 3. The van der Waals surface area contributed by atoms with Gasteiger partial charge in [-0.3, -0.25) is 24.3 Å². The number of hydrogen-bond donors (Lipinski definition) is 2. The van der Waals surface area contributed by atoms with Crippen molar-refractivity contribution in [2.75, 3.05) is 37.7 Å². The van der Waals surface area contributed by atoms with Crippen molar-refractivity contribution in [3.05, 3.63) is 36.9 Å². The van der Waals surface area contributed by atoms with Crippen LogP contribution in [0.3, 0.4) is 0 Å². The molecule has 1 aromatic rings. The standard InChI is InChI=1S/C18H23N5O4/c1-3-9-19-15(24)12-23-17(26)16(25)22-11-10-21(18(22)20-23)13-5-7-14(8-6-13)27-4-2/h3,5-8,18,20H,1,4,9-12H2,2H3,(H,19,24). The van der Waals surface area contributed by atoms with Crippen LogP contribution in [0.2, 0.25) is 0 Å². The number of hydrazine groups is 1. The molecule has 27 heavy (non-hydrogen) atoms. The zero-order valence-corrected chi connectivity index (χ0v) is 15.2. The van der Waals surface area contributed by atoms with Crippen LogP contribution in [-0.4, -0.2) is 66.7 Å². The van der Waals surface area contributed by atoms with Gasteiger partial charge in [0.1, 0.15) is 12.3 Å². The number of carbonyl (C=O) groups excluding carboxylic acids is 3. The molecule has 2 aliphatic heterocycles. The third-order valence-corrected chi connectivity index (χ3v) is 4.36. The molecular weight excluding hydrogens is 350 g/mol. The van der Waals surface area contributed by atoms with Crippen molar-refractivity contribution in [3.8, 4) is 5.75 Å². The van der Waals surface area contributed by atoms with Gasteiger partial charge in [0.15, 0.2) is 6.29 Å². The SMILES string of the molecule is C=CCNC(=O)CN1NC2N(CCN2c2ccc(OCC)cc2)C(=O)C1=O. The average molecular weight is 373 g/mol. The van der Waals surface area contributed by atoms with E-state index in [1.807, 2.05) is 36.1 Å². The van der Waals surface area contributed by atoms with Crippen LogP contribution in [0.15, 0.2) is 36.9 Å². The minimum atomic E-state index is -0.742. The minimum absolute atomic E-state index is 0.250. The lowest BCUT2D eigenvalue weighted by Crippen LogP contribution is -2.68. The Morgan fingerprint density at radius 1 is 1.26 bits per heavy atom. The maximum atomic E-state index is 12.4. The molecule has 3 amide bonds. The predicted octanol–water partition coefficient (Wildman–Crippen LogP) is -0.333. The molecule has 0 spiro atoms. The molecule has 2 saturated heterocycles. The maximum absolute atomic E-state index is 12.4. The Balaban J connectivity index is 1.73. The fourth-order valence-electron chi connectivity index (χ4n) is 3.09. The van der Waals surface area contributed by atoms with Crippen LogP contribution >= 0.6 is 0 Å². The van der Waals surface area contributed by atoms with Crippen LogP contribution in [-0.2, 0) is 14.4 Å². The molecule has 9 heteroatoms. The molecule has 3 rings (SSSR count). The van der Waals surface area contributed by atoms with E-state index in [0.29, 0.717) is 26.2 Å². The van der Waals surface area contributed by atoms with E-state index in [9.17, 15) is 14.4 Å². The third kappa shape index (κ3) is 3.87. The number of amides is 3. The van der Waals surface area contributed by atoms with E-state index in [-0.39, 0.29) is 12.5 Å². The summed E-state index contributed by atoms with van der Waals surface area (Å²) in [5.41, 5.74) is 3.87. The summed E-state index contributed by atoms with van der Waals surface area (Å²) in [6.07, 6.45) is 1.02. The van der Waals surface area contributed by atoms with Crippen molar-refractivity contribution in [2.45, 2.75) is 13.2 Å². The summed E-state index contributed by atoms with van der Waals surface area (Å²) in [7, 11) is 0. The monoisotopic (exact) mass is 373 g/mol. The summed E-state index contributed by atoms with van der Waals surface area (Å²) in [5, 5.41) is 3.66. The summed E-state index contributed by atoms with van der Waals surface area (Å²) < 4.78 is 5.45. The van der Waals surface area contributed by atoms with Gasteiger partial charge in [-0.25, -0.2) is 0 Å². The van der Waals surface area contributed by atoms with Crippen molar-refractivity contribution in [1.82, 2.24) is 20.7 Å². The van der Waals surface area contributed by atoms with Gasteiger partial charge in [0, 0.05) is 25.3 Å². The molecule has 0 aromatic heterocycles. The molecule has 2 aliphatic rings. The van der Waals surface area contributed by atoms with Crippen LogP contribution < -0.4 is 20.4 Å². The van der Waals surface area contributed by atoms with E-state index in [1.165, 1.54) is 4.90 Å². The van der Waals surface area contributed by atoms with E-state index < -0.39 is 18.1 Å². The Morgan fingerprint density at radius 3 is 2.63 bits per heavy atom. The summed E-state index contributed by atoms with van der Waals surface area (Å²) in [4.78, 5) is 40.1. The topological polar surface area (TPSA) is 94.2 Å². The molecule has 2 fully saturated rings. The Labute approximate surface area is 157 Å². The van der Waals surface area contributed by atoms with E-state index in [4.69, 9.17) is 4.74 Å². The molecule has 1 atom stereocenters. The van der Waals surface area contributed by atoms with Gasteiger partial charge in [-0.05, 0) is 31.2 Å². The first-order chi connectivity index (χ1) is 13.0. The quantitative estimate of drug-likeness (QED) is 0.502. The fourth-order valence-corrected chi connectivity index (χ4v) is 3.09. The second-order valence-electron chi connectivity index (χ2n) is 6.11. The average Bonchev–Trinajstić information content (AvgIpc) is 3.09. The van der Waals surface area contributed by atoms with Gasteiger partial charge in [0.05, 0.1) is 6.61 Å². The molecule has 2 N–H and O–H groups in total. The van der Waals surface area contributed by atoms with Crippen LogP contribution in [0.25, 0.3) is 0 Å². The maximum Gasteiger partial charge on any atom is 0.326 e. The van der Waals surface area contributed by atoms with Gasteiger partial charge in [0.25, 0.3) is 0 Å². The normalized spacial score (nSPS) is 19.1. The third-order valence-electron chi connectivity index (χ3n) is 4.36. The van der Waals surface area contributed by atoms with Gasteiger partial charge < -0.3 is 15.0 Å². The molecule has 2 heterocycles. The number of anilines is 1. The predicted molar refractivity (Wildman–Crippen MR) is 98.5 cm³/mol. The number of nitrogens with one attached hydrogen (secondary N) is 2. The molecular formula is C18H23N5O4. The number of ether oxygens (including phenoxy) is 1. The number of nitrogens with zero attached hydrogens (tertiary/aromatic N) is 3. The minimum Gasteiger partial charge on any atom is -0.494 e. The largest absolute Gasteiger partial charge is 0.494 e. The van der Waals surface area contributed by atoms with Crippen molar-refractivity contribution in [3.63, 3.8) is 0 Å². The zero-order valence-electron chi connectivity index (χ0n) is 15.2. The fraction of sp³-hybridized carbons (Fsp3) is 0.389. The smallest absolute Gasteiger partial charge is 0.326 e. The van der Waals surface area contributed by atoms with Crippen molar-refractivity contribution >= 4 is 23.4 Å². The highest BCUT2D eigenvalue weighted by molar-refractivity contribution is 6.35. The molecule has 0 aliphatic carbocycles. The molecule has 144 valence electrons. The van der Waals surface area contributed by atoms with Crippen molar-refractivity contribution in [1.29, 1.82) is 0 Å². The van der Waals surface area contributed by atoms with Crippen LogP contribution in [0.5, 0.6) is 5.75 Å². The van der Waals surface area contributed by atoms with Gasteiger partial charge in [-0.15, -0.1) is 6.58 Å². The Morgan fingerprint density at radius 2 is 1.96 bits per heavy atom. The highest BCUT2D eigenvalue weighted by Crippen LogP contribution is 2.26. The summed E-state index contributed by atoms with van der Waals surface area (Å²) in [6, 6.07) is 7.52. The van der Waals surface area contributed by atoms with Gasteiger partial charge in [0.2, 0.25) is 5.91 Å². The van der Waals surface area contributed by atoms with E-state index in [0.717, 1.165) is 16.4 Å². The number of benzene rings is 1. The van der Waals surface area contributed by atoms with E-state index >= 15 is 0 Å².